The SMILES string of the molecule is CC(O)CC(=O)C=O. The van der Waals surface area contributed by atoms with Crippen LogP contribution in [0.2, 0.25) is 0 Å². The molecule has 3 heteroatoms. The number of carbonyl (C=O) groups excluding carboxylic acids is 2. The van der Waals surface area contributed by atoms with Crippen LogP contribution in [0.25, 0.3) is 0 Å². The van der Waals surface area contributed by atoms with Gasteiger partial charge in [-0.1, -0.05) is 0 Å². The van der Waals surface area contributed by atoms with Crippen LogP contribution in [0, 0.1) is 0 Å². The van der Waals surface area contributed by atoms with Gasteiger partial charge < -0.3 is 5.11 Å². The molecule has 0 rings (SSSR count). The minimum Gasteiger partial charge on any atom is -0.393 e. The zero-order valence-corrected chi connectivity index (χ0v) is 4.63. The first-order valence-electron chi connectivity index (χ1n) is 2.33. The number of hydrogen-bond donors (Lipinski definition) is 1. The second-order valence-electron chi connectivity index (χ2n) is 1.64. The smallest absolute Gasteiger partial charge is 0.197 e. The van der Waals surface area contributed by atoms with Crippen molar-refractivity contribution < 1.29 is 14.7 Å². The number of aldehydes is 1. The number of Topliss-reactive ketones (excluding diaryl/α,β-unsaturated/α-hetero) is 1. The van der Waals surface area contributed by atoms with E-state index in [2.05, 4.69) is 0 Å². The van der Waals surface area contributed by atoms with Crippen LogP contribution >= 0.6 is 0 Å². The van der Waals surface area contributed by atoms with E-state index in [1.807, 2.05) is 0 Å². The molecule has 0 fully saturated rings. The third-order valence-corrected chi connectivity index (χ3v) is 0.628. The highest BCUT2D eigenvalue weighted by molar-refractivity contribution is 6.25. The molecule has 0 saturated heterocycles. The highest BCUT2D eigenvalue weighted by Crippen LogP contribution is 1.86. The van der Waals surface area contributed by atoms with Crippen LogP contribution in [0.4, 0.5) is 0 Å². The van der Waals surface area contributed by atoms with Gasteiger partial charge in [0.15, 0.2) is 12.1 Å². The van der Waals surface area contributed by atoms with Crippen LogP contribution in [-0.2, 0) is 9.59 Å². The monoisotopic (exact) mass is 116 g/mol. The summed E-state index contributed by atoms with van der Waals surface area (Å²) in [4.78, 5) is 19.7. The number of aliphatic hydroxyl groups is 1. The number of aliphatic hydroxyl groups excluding tert-OH is 1. The third-order valence-electron chi connectivity index (χ3n) is 0.628. The molecule has 0 amide bonds. The van der Waals surface area contributed by atoms with E-state index in [0.717, 1.165) is 0 Å². The Morgan fingerprint density at radius 1 is 1.88 bits per heavy atom. The van der Waals surface area contributed by atoms with Crippen molar-refractivity contribution in [2.75, 3.05) is 0 Å². The summed E-state index contributed by atoms with van der Waals surface area (Å²) in [5.74, 6) is -0.556. The first-order chi connectivity index (χ1) is 3.66. The van der Waals surface area contributed by atoms with Gasteiger partial charge >= 0.3 is 0 Å². The second kappa shape index (κ2) is 3.32. The zero-order chi connectivity index (χ0) is 6.57. The van der Waals surface area contributed by atoms with Crippen molar-refractivity contribution in [3.63, 3.8) is 0 Å². The predicted molar refractivity (Wildman–Crippen MR) is 27.4 cm³/mol. The molecule has 0 aliphatic rings. The molecule has 0 spiro atoms. The molecule has 3 nitrogen and oxygen atoms in total. The Hall–Kier alpha value is -0.700. The van der Waals surface area contributed by atoms with Crippen molar-refractivity contribution in [1.29, 1.82) is 0 Å². The van der Waals surface area contributed by atoms with E-state index in [0.29, 0.717) is 0 Å². The fourth-order valence-corrected chi connectivity index (χ4v) is 0.339. The summed E-state index contributed by atoms with van der Waals surface area (Å²) in [6, 6.07) is 0. The fraction of sp³-hybridized carbons (Fsp3) is 0.600. The zero-order valence-electron chi connectivity index (χ0n) is 4.63. The Kier molecular flexibility index (Phi) is 3.03. The molecule has 0 aromatic rings. The number of ketones is 1. The van der Waals surface area contributed by atoms with Crippen molar-refractivity contribution in [3.05, 3.63) is 0 Å². The van der Waals surface area contributed by atoms with Crippen LogP contribution in [0.15, 0.2) is 0 Å². The Morgan fingerprint density at radius 3 is 2.50 bits per heavy atom. The number of rotatable bonds is 3. The minimum absolute atomic E-state index is 0.0660. The summed E-state index contributed by atoms with van der Waals surface area (Å²) in [6.07, 6.45) is -0.552. The van der Waals surface area contributed by atoms with Crippen molar-refractivity contribution in [2.24, 2.45) is 0 Å². The molecule has 8 heavy (non-hydrogen) atoms. The van der Waals surface area contributed by atoms with Crippen LogP contribution < -0.4 is 0 Å². The lowest BCUT2D eigenvalue weighted by Gasteiger charge is -1.94. The molecule has 1 N–H and O–H groups in total. The molecular formula is C5H8O3. The Morgan fingerprint density at radius 2 is 2.38 bits per heavy atom. The summed E-state index contributed by atoms with van der Waals surface area (Å²) in [7, 11) is 0. The Balaban J connectivity index is 3.39. The lowest BCUT2D eigenvalue weighted by molar-refractivity contribution is -0.131. The summed E-state index contributed by atoms with van der Waals surface area (Å²) in [5.41, 5.74) is 0. The standard InChI is InChI=1S/C5H8O3/c1-4(7)2-5(8)3-6/h3-4,7H,2H2,1H3. The predicted octanol–water partition coefficient (Wildman–Crippen LogP) is -0.475. The first-order valence-corrected chi connectivity index (χ1v) is 2.33. The molecule has 0 aromatic carbocycles. The number of carbonyl (C=O) groups is 2. The van der Waals surface area contributed by atoms with Crippen LogP contribution in [0.5, 0.6) is 0 Å². The topological polar surface area (TPSA) is 54.4 Å². The van der Waals surface area contributed by atoms with Gasteiger partial charge in [-0.25, -0.2) is 0 Å². The van der Waals surface area contributed by atoms with E-state index >= 15 is 0 Å². The minimum atomic E-state index is -0.701. The number of hydrogen-bond acceptors (Lipinski definition) is 3. The van der Waals surface area contributed by atoms with Crippen LogP contribution in [0.1, 0.15) is 13.3 Å². The van der Waals surface area contributed by atoms with Crippen molar-refractivity contribution in [3.8, 4) is 0 Å². The summed E-state index contributed by atoms with van der Waals surface area (Å²) < 4.78 is 0. The summed E-state index contributed by atoms with van der Waals surface area (Å²) >= 11 is 0. The Bertz CT molecular complexity index is 95.8. The van der Waals surface area contributed by atoms with Crippen LogP contribution in [-0.4, -0.2) is 23.3 Å². The highest BCUT2D eigenvalue weighted by Gasteiger charge is 2.02. The van der Waals surface area contributed by atoms with Gasteiger partial charge in [-0.3, -0.25) is 9.59 Å². The average Bonchev–Trinajstić information content (AvgIpc) is 1.65. The van der Waals surface area contributed by atoms with Gasteiger partial charge in [0.1, 0.15) is 0 Å². The molecule has 1 atom stereocenters. The highest BCUT2D eigenvalue weighted by atomic mass is 16.3. The maximum atomic E-state index is 10.1. The molecular weight excluding hydrogens is 108 g/mol. The quantitative estimate of drug-likeness (QED) is 0.400. The maximum Gasteiger partial charge on any atom is 0.197 e. The molecule has 0 heterocycles. The molecule has 0 aliphatic heterocycles. The average molecular weight is 116 g/mol. The largest absolute Gasteiger partial charge is 0.393 e. The maximum absolute atomic E-state index is 10.1. The summed E-state index contributed by atoms with van der Waals surface area (Å²) in [5, 5.41) is 8.47. The lowest BCUT2D eigenvalue weighted by Crippen LogP contribution is -2.09. The van der Waals surface area contributed by atoms with E-state index in [9.17, 15) is 9.59 Å². The fourth-order valence-electron chi connectivity index (χ4n) is 0.339. The van der Waals surface area contributed by atoms with Crippen molar-refractivity contribution >= 4 is 12.1 Å². The van der Waals surface area contributed by atoms with E-state index in [1.165, 1.54) is 6.92 Å². The van der Waals surface area contributed by atoms with Gasteiger partial charge in [-0.15, -0.1) is 0 Å². The van der Waals surface area contributed by atoms with E-state index in [4.69, 9.17) is 5.11 Å². The second-order valence-corrected chi connectivity index (χ2v) is 1.64. The summed E-state index contributed by atoms with van der Waals surface area (Å²) in [6.45, 7) is 1.46. The van der Waals surface area contributed by atoms with Crippen molar-refractivity contribution in [1.82, 2.24) is 0 Å². The molecule has 0 bridgehead atoms. The third kappa shape index (κ3) is 3.49. The first kappa shape index (κ1) is 7.30. The van der Waals surface area contributed by atoms with Gasteiger partial charge in [-0.2, -0.15) is 0 Å². The van der Waals surface area contributed by atoms with Crippen molar-refractivity contribution in [2.45, 2.75) is 19.4 Å². The lowest BCUT2D eigenvalue weighted by atomic mass is 10.2. The normalized spacial score (nSPS) is 12.8. The van der Waals surface area contributed by atoms with Gasteiger partial charge in [0.2, 0.25) is 0 Å². The van der Waals surface area contributed by atoms with Gasteiger partial charge in [0, 0.05) is 6.42 Å². The van der Waals surface area contributed by atoms with Gasteiger partial charge in [-0.05, 0) is 6.92 Å². The molecule has 1 unspecified atom stereocenters. The molecule has 0 radical (unpaired) electrons. The van der Waals surface area contributed by atoms with E-state index < -0.39 is 11.9 Å². The van der Waals surface area contributed by atoms with Crippen LogP contribution in [0.3, 0.4) is 0 Å². The molecule has 0 aliphatic carbocycles. The van der Waals surface area contributed by atoms with E-state index in [-0.39, 0.29) is 12.7 Å². The van der Waals surface area contributed by atoms with E-state index in [1.54, 1.807) is 0 Å². The molecule has 0 aromatic heterocycles. The molecule has 0 saturated carbocycles. The van der Waals surface area contributed by atoms with Gasteiger partial charge in [0.05, 0.1) is 6.10 Å². The Labute approximate surface area is 47.3 Å². The van der Waals surface area contributed by atoms with Gasteiger partial charge in [0.25, 0.3) is 0 Å². The molecule has 46 valence electrons.